The molecule has 4 aromatic rings. The zero-order valence-electron chi connectivity index (χ0n) is 27.8. The standard InChI is InChI=1S/C37H43N5O5/c1-20-6-7-22(8-20)34-38-14-27(40-34)23-10-25-18-46-31-13-24(11-26-19-45-30(12-23)32(25)33(26)31)28-15-39-35(41-28)29-9-21(17-44-5)16-42(29)36(43)47-37(2,3)4/h10-15,20-22,29H,6-9,16-19H2,1-5H3,(H,38,40)(H,39,41)/t20-,21+,22+,29+/m1/s1. The van der Waals surface area contributed by atoms with Gasteiger partial charge in [0.2, 0.25) is 0 Å². The van der Waals surface area contributed by atoms with Crippen molar-refractivity contribution in [2.45, 2.75) is 84.2 Å². The third kappa shape index (κ3) is 5.56. The van der Waals surface area contributed by atoms with Crippen LogP contribution in [0.2, 0.25) is 0 Å². The molecule has 8 rings (SSSR count). The maximum Gasteiger partial charge on any atom is 0.410 e. The van der Waals surface area contributed by atoms with Crippen molar-refractivity contribution in [1.82, 2.24) is 24.8 Å². The lowest BCUT2D eigenvalue weighted by atomic mass is 9.87. The summed E-state index contributed by atoms with van der Waals surface area (Å²) < 4.78 is 24.0. The van der Waals surface area contributed by atoms with Gasteiger partial charge >= 0.3 is 6.09 Å². The van der Waals surface area contributed by atoms with Gasteiger partial charge in [0.1, 0.15) is 42.0 Å². The third-order valence-corrected chi connectivity index (χ3v) is 10.0. The number of ether oxygens (including phenoxy) is 4. The number of rotatable bonds is 6. The highest BCUT2D eigenvalue weighted by Crippen LogP contribution is 2.51. The van der Waals surface area contributed by atoms with E-state index in [-0.39, 0.29) is 18.1 Å². The van der Waals surface area contributed by atoms with E-state index in [4.69, 9.17) is 28.9 Å². The summed E-state index contributed by atoms with van der Waals surface area (Å²) in [5.74, 6) is 5.02. The van der Waals surface area contributed by atoms with Gasteiger partial charge in [-0.1, -0.05) is 6.92 Å². The minimum atomic E-state index is -0.585. The normalized spacial score (nSPS) is 23.0. The quantitative estimate of drug-likeness (QED) is 0.222. The molecule has 0 spiro atoms. The number of aromatic nitrogens is 4. The molecule has 2 aromatic carbocycles. The molecule has 10 nitrogen and oxygen atoms in total. The van der Waals surface area contributed by atoms with Crippen molar-refractivity contribution in [2.24, 2.45) is 11.8 Å². The molecular formula is C37H43N5O5. The molecule has 2 aromatic heterocycles. The number of methoxy groups -OCH3 is 1. The average molecular weight is 638 g/mol. The Balaban J connectivity index is 1.07. The van der Waals surface area contributed by atoms with Crippen LogP contribution in [0.3, 0.4) is 0 Å². The molecule has 4 aliphatic rings. The number of hydrogen-bond acceptors (Lipinski definition) is 7. The van der Waals surface area contributed by atoms with Crippen molar-refractivity contribution >= 4 is 6.09 Å². The molecule has 5 heterocycles. The van der Waals surface area contributed by atoms with Crippen LogP contribution in [0.5, 0.6) is 11.5 Å². The van der Waals surface area contributed by atoms with Crippen LogP contribution in [0.1, 0.15) is 88.1 Å². The van der Waals surface area contributed by atoms with Gasteiger partial charge in [0.25, 0.3) is 0 Å². The van der Waals surface area contributed by atoms with Gasteiger partial charge in [0, 0.05) is 58.9 Å². The molecule has 0 bridgehead atoms. The molecule has 0 unspecified atom stereocenters. The molecule has 1 aliphatic carbocycles. The van der Waals surface area contributed by atoms with Gasteiger partial charge in [-0.2, -0.15) is 0 Å². The van der Waals surface area contributed by atoms with Crippen molar-refractivity contribution in [1.29, 1.82) is 0 Å². The second-order valence-corrected chi connectivity index (χ2v) is 14.8. The van der Waals surface area contributed by atoms with Gasteiger partial charge in [-0.25, -0.2) is 14.8 Å². The van der Waals surface area contributed by atoms with Crippen LogP contribution in [0.4, 0.5) is 4.79 Å². The first-order valence-electron chi connectivity index (χ1n) is 16.8. The highest BCUT2D eigenvalue weighted by molar-refractivity contribution is 5.88. The number of benzene rings is 2. The average Bonchev–Trinajstić information content (AvgIpc) is 3.85. The van der Waals surface area contributed by atoms with Gasteiger partial charge in [0.05, 0.1) is 36.4 Å². The summed E-state index contributed by atoms with van der Waals surface area (Å²) in [5, 5.41) is 0. The first-order chi connectivity index (χ1) is 22.6. The van der Waals surface area contributed by atoms with E-state index in [0.717, 1.165) is 80.3 Å². The van der Waals surface area contributed by atoms with Crippen molar-refractivity contribution in [3.8, 4) is 45.1 Å². The fourth-order valence-electron chi connectivity index (χ4n) is 7.85. The third-order valence-electron chi connectivity index (χ3n) is 10.0. The van der Waals surface area contributed by atoms with Gasteiger partial charge < -0.3 is 28.9 Å². The Labute approximate surface area is 275 Å². The zero-order valence-corrected chi connectivity index (χ0v) is 27.8. The van der Waals surface area contributed by atoms with Crippen LogP contribution in [-0.4, -0.2) is 56.8 Å². The summed E-state index contributed by atoms with van der Waals surface area (Å²) in [7, 11) is 1.69. The number of amides is 1. The molecule has 1 amide bonds. The lowest BCUT2D eigenvalue weighted by Gasteiger charge is -2.30. The number of carbonyl (C=O) groups excluding carboxylic acids is 1. The molecule has 2 N–H and O–H groups in total. The maximum atomic E-state index is 13.2. The maximum absolute atomic E-state index is 13.2. The number of H-pyrrole nitrogens is 2. The summed E-state index contributed by atoms with van der Waals surface area (Å²) >= 11 is 0. The molecule has 2 fully saturated rings. The van der Waals surface area contributed by atoms with Crippen LogP contribution in [0.15, 0.2) is 36.7 Å². The molecule has 1 saturated heterocycles. The Morgan fingerprint density at radius 1 is 0.915 bits per heavy atom. The Hall–Kier alpha value is -4.31. The molecule has 47 heavy (non-hydrogen) atoms. The predicted molar refractivity (Wildman–Crippen MR) is 177 cm³/mol. The van der Waals surface area contributed by atoms with Crippen molar-refractivity contribution in [3.05, 3.63) is 59.4 Å². The summed E-state index contributed by atoms with van der Waals surface area (Å²) in [6.45, 7) is 10.0. The second-order valence-electron chi connectivity index (χ2n) is 14.8. The first-order valence-corrected chi connectivity index (χ1v) is 16.8. The molecule has 246 valence electrons. The van der Waals surface area contributed by atoms with E-state index in [1.54, 1.807) is 12.0 Å². The van der Waals surface area contributed by atoms with E-state index >= 15 is 0 Å². The van der Waals surface area contributed by atoms with Crippen LogP contribution < -0.4 is 9.47 Å². The van der Waals surface area contributed by atoms with Gasteiger partial charge in [-0.15, -0.1) is 0 Å². The van der Waals surface area contributed by atoms with E-state index in [1.807, 2.05) is 33.2 Å². The molecule has 10 heteroatoms. The monoisotopic (exact) mass is 637 g/mol. The van der Waals surface area contributed by atoms with Crippen LogP contribution in [0, 0.1) is 11.8 Å². The van der Waals surface area contributed by atoms with Crippen molar-refractivity contribution in [3.63, 3.8) is 0 Å². The van der Waals surface area contributed by atoms with E-state index in [1.165, 1.54) is 19.3 Å². The Morgan fingerprint density at radius 3 is 2.11 bits per heavy atom. The van der Waals surface area contributed by atoms with Crippen LogP contribution >= 0.6 is 0 Å². The second kappa shape index (κ2) is 11.4. The molecule has 4 atom stereocenters. The lowest BCUT2D eigenvalue weighted by molar-refractivity contribution is 0.0208. The summed E-state index contributed by atoms with van der Waals surface area (Å²) in [5.41, 5.74) is 7.73. The van der Waals surface area contributed by atoms with E-state index in [9.17, 15) is 4.79 Å². The Bertz CT molecular complexity index is 1790. The van der Waals surface area contributed by atoms with Crippen molar-refractivity contribution in [2.75, 3.05) is 20.3 Å². The topological polar surface area (TPSA) is 115 Å². The number of likely N-dealkylation sites (tertiary alicyclic amines) is 1. The minimum absolute atomic E-state index is 0.200. The first kappa shape index (κ1) is 30.1. The summed E-state index contributed by atoms with van der Waals surface area (Å²) in [6, 6.07) is 8.35. The molecule has 1 saturated carbocycles. The highest BCUT2D eigenvalue weighted by atomic mass is 16.6. The Morgan fingerprint density at radius 2 is 1.53 bits per heavy atom. The number of carbonyl (C=O) groups is 1. The van der Waals surface area contributed by atoms with E-state index in [2.05, 4.69) is 41.2 Å². The largest absolute Gasteiger partial charge is 0.488 e. The van der Waals surface area contributed by atoms with Crippen molar-refractivity contribution < 1.29 is 23.7 Å². The van der Waals surface area contributed by atoms with Crippen LogP contribution in [-0.2, 0) is 22.7 Å². The highest BCUT2D eigenvalue weighted by Gasteiger charge is 2.40. The van der Waals surface area contributed by atoms with E-state index < -0.39 is 5.60 Å². The zero-order chi connectivity index (χ0) is 32.4. The van der Waals surface area contributed by atoms with Gasteiger partial charge in [0.15, 0.2) is 0 Å². The number of hydrogen-bond donors (Lipinski definition) is 2. The molecule has 0 radical (unpaired) electrons. The minimum Gasteiger partial charge on any atom is -0.488 e. The van der Waals surface area contributed by atoms with Crippen LogP contribution in [0.25, 0.3) is 33.6 Å². The summed E-state index contributed by atoms with van der Waals surface area (Å²) in [6.07, 6.45) is 7.86. The molecular weight excluding hydrogens is 594 g/mol. The number of nitrogens with zero attached hydrogens (tertiary/aromatic N) is 3. The summed E-state index contributed by atoms with van der Waals surface area (Å²) in [4.78, 5) is 31.6. The fraction of sp³-hybridized carbons (Fsp3) is 0.486. The van der Waals surface area contributed by atoms with Gasteiger partial charge in [-0.05, 0) is 76.6 Å². The Kier molecular flexibility index (Phi) is 7.31. The number of nitrogens with one attached hydrogen (secondary N) is 2. The predicted octanol–water partition coefficient (Wildman–Crippen LogP) is 7.77. The molecule has 3 aliphatic heterocycles. The smallest absolute Gasteiger partial charge is 0.410 e. The van der Waals surface area contributed by atoms with E-state index in [0.29, 0.717) is 32.3 Å². The number of imidazole rings is 2. The lowest BCUT2D eigenvalue weighted by Crippen LogP contribution is -2.37. The fourth-order valence-corrected chi connectivity index (χ4v) is 7.85. The number of aromatic amines is 2. The SMILES string of the molecule is COC[C@H]1C[C@@H](c2ncc(-c3cc4c5c(c3)OCc3cc(-c6cnc([C@H]7CC[C@@H](C)C7)[nH]6)cc(c3-5)OC4)[nH]2)N(C(=O)OC(C)(C)C)C1. The van der Waals surface area contributed by atoms with Gasteiger partial charge in [-0.3, -0.25) is 4.90 Å².